The summed E-state index contributed by atoms with van der Waals surface area (Å²) in [6.07, 6.45) is 0. The van der Waals surface area contributed by atoms with Gasteiger partial charge in [-0.2, -0.15) is 0 Å². The van der Waals surface area contributed by atoms with Crippen LogP contribution in [-0.4, -0.2) is 15.1 Å². The Kier molecular flexibility index (Phi) is 1.93. The van der Waals surface area contributed by atoms with Crippen LogP contribution < -0.4 is 0 Å². The normalized spacial score (nSPS) is 10.4. The lowest BCUT2D eigenvalue weighted by molar-refractivity contribution is -0.385. The summed E-state index contributed by atoms with van der Waals surface area (Å²) >= 11 is 0. The Morgan fingerprint density at radius 1 is 1.13 bits per heavy atom. The molecule has 0 bridgehead atoms. The van der Waals surface area contributed by atoms with Gasteiger partial charge in [-0.15, -0.1) is 0 Å². The monoisotopic (exact) mass is 205 g/mol. The van der Waals surface area contributed by atoms with E-state index in [0.29, 0.717) is 5.39 Å². The fourth-order valence-corrected chi connectivity index (χ4v) is 1.43. The van der Waals surface area contributed by atoms with E-state index in [1.807, 2.05) is 0 Å². The van der Waals surface area contributed by atoms with Crippen molar-refractivity contribution >= 4 is 16.5 Å². The van der Waals surface area contributed by atoms with Crippen molar-refractivity contribution in [2.24, 2.45) is 0 Å². The lowest BCUT2D eigenvalue weighted by Crippen LogP contribution is -1.88. The van der Waals surface area contributed by atoms with E-state index in [0.717, 1.165) is 0 Å². The van der Waals surface area contributed by atoms with Crippen molar-refractivity contribution in [2.45, 2.75) is 0 Å². The highest BCUT2D eigenvalue weighted by molar-refractivity contribution is 5.92. The molecule has 0 spiro atoms. The quantitative estimate of drug-likeness (QED) is 0.551. The van der Waals surface area contributed by atoms with Crippen LogP contribution in [0.25, 0.3) is 10.8 Å². The van der Waals surface area contributed by atoms with Gasteiger partial charge in [0.2, 0.25) is 5.75 Å². The van der Waals surface area contributed by atoms with E-state index in [-0.39, 0.29) is 16.8 Å². The molecule has 0 fully saturated rings. The summed E-state index contributed by atoms with van der Waals surface area (Å²) in [5.74, 6) is -0.466. The van der Waals surface area contributed by atoms with Crippen molar-refractivity contribution in [3.63, 3.8) is 0 Å². The van der Waals surface area contributed by atoms with Crippen LogP contribution in [0.5, 0.6) is 11.5 Å². The Morgan fingerprint density at radius 3 is 2.47 bits per heavy atom. The number of benzene rings is 2. The first-order valence-corrected chi connectivity index (χ1v) is 4.18. The molecule has 2 aromatic rings. The van der Waals surface area contributed by atoms with Gasteiger partial charge in [0, 0.05) is 11.5 Å². The number of nitro benzene ring substituents is 1. The van der Waals surface area contributed by atoms with Gasteiger partial charge >= 0.3 is 5.69 Å². The third-order valence-corrected chi connectivity index (χ3v) is 2.15. The number of phenols is 2. The third kappa shape index (κ3) is 1.43. The van der Waals surface area contributed by atoms with Crippen molar-refractivity contribution in [2.75, 3.05) is 0 Å². The molecule has 0 heterocycles. The van der Waals surface area contributed by atoms with Crippen LogP contribution in [0.4, 0.5) is 5.69 Å². The number of phenolic OH excluding ortho intramolecular Hbond substituents is 2. The maximum atomic E-state index is 10.5. The molecule has 0 aromatic heterocycles. The Labute approximate surface area is 84.4 Å². The molecule has 0 aliphatic carbocycles. The predicted octanol–water partition coefficient (Wildman–Crippen LogP) is 2.16. The Bertz CT molecular complexity index is 550. The van der Waals surface area contributed by atoms with E-state index in [1.165, 1.54) is 24.3 Å². The molecule has 15 heavy (non-hydrogen) atoms. The van der Waals surface area contributed by atoms with Gasteiger partial charge in [0.05, 0.1) is 4.92 Å². The van der Waals surface area contributed by atoms with Crippen molar-refractivity contribution in [3.05, 3.63) is 40.4 Å². The van der Waals surface area contributed by atoms with Gasteiger partial charge in [-0.05, 0) is 23.6 Å². The second-order valence-electron chi connectivity index (χ2n) is 3.10. The van der Waals surface area contributed by atoms with Gasteiger partial charge in [-0.3, -0.25) is 10.1 Å². The molecule has 0 amide bonds. The average molecular weight is 205 g/mol. The Balaban J connectivity index is 2.82. The predicted molar refractivity (Wildman–Crippen MR) is 53.9 cm³/mol. The SMILES string of the molecule is O=[N+]([O-])c1ccc2ccc(O)cc2c1O. The standard InChI is InChI=1S/C10H7NO4/c12-7-3-1-6-2-4-9(11(14)15)10(13)8(6)5-7/h1-5,12-13H. The minimum Gasteiger partial charge on any atom is -0.508 e. The van der Waals surface area contributed by atoms with Crippen LogP contribution in [0, 0.1) is 10.1 Å². The smallest absolute Gasteiger partial charge is 0.311 e. The van der Waals surface area contributed by atoms with Crippen LogP contribution >= 0.6 is 0 Å². The zero-order chi connectivity index (χ0) is 11.0. The molecule has 0 saturated carbocycles. The molecular weight excluding hydrogens is 198 g/mol. The second kappa shape index (κ2) is 3.13. The highest BCUT2D eigenvalue weighted by Crippen LogP contribution is 2.35. The Morgan fingerprint density at radius 2 is 1.80 bits per heavy atom. The Hall–Kier alpha value is -2.30. The maximum Gasteiger partial charge on any atom is 0.311 e. The number of nitro groups is 1. The van der Waals surface area contributed by atoms with Crippen molar-refractivity contribution < 1.29 is 15.1 Å². The first kappa shape index (κ1) is 9.26. The molecular formula is C10H7NO4. The zero-order valence-electron chi connectivity index (χ0n) is 7.54. The second-order valence-corrected chi connectivity index (χ2v) is 3.10. The van der Waals surface area contributed by atoms with Crippen LogP contribution in [0.1, 0.15) is 0 Å². The summed E-state index contributed by atoms with van der Waals surface area (Å²) in [6, 6.07) is 7.07. The van der Waals surface area contributed by atoms with Gasteiger partial charge in [0.25, 0.3) is 0 Å². The summed E-state index contributed by atoms with van der Waals surface area (Å²) in [4.78, 5) is 9.87. The highest BCUT2D eigenvalue weighted by atomic mass is 16.6. The van der Waals surface area contributed by atoms with Crippen LogP contribution in [0.15, 0.2) is 30.3 Å². The van der Waals surface area contributed by atoms with Crippen LogP contribution in [0.3, 0.4) is 0 Å². The van der Waals surface area contributed by atoms with Gasteiger partial charge in [-0.1, -0.05) is 6.07 Å². The summed E-state index contributed by atoms with van der Waals surface area (Å²) in [5, 5.41) is 30.2. The van der Waals surface area contributed by atoms with Crippen molar-refractivity contribution in [1.29, 1.82) is 0 Å². The van der Waals surface area contributed by atoms with Crippen molar-refractivity contribution in [3.8, 4) is 11.5 Å². The molecule has 0 radical (unpaired) electrons. The summed E-state index contributed by atoms with van der Waals surface area (Å²) in [5.41, 5.74) is -0.367. The molecule has 5 heteroatoms. The molecule has 0 aliphatic heterocycles. The number of rotatable bonds is 1. The lowest BCUT2D eigenvalue weighted by atomic mass is 10.1. The minimum atomic E-state index is -0.668. The maximum absolute atomic E-state index is 10.5. The molecule has 2 aromatic carbocycles. The molecule has 0 saturated heterocycles. The van der Waals surface area contributed by atoms with E-state index in [9.17, 15) is 20.3 Å². The van der Waals surface area contributed by atoms with Crippen LogP contribution in [0.2, 0.25) is 0 Å². The topological polar surface area (TPSA) is 83.6 Å². The molecule has 5 nitrogen and oxygen atoms in total. The van der Waals surface area contributed by atoms with Gasteiger partial charge < -0.3 is 10.2 Å². The highest BCUT2D eigenvalue weighted by Gasteiger charge is 2.15. The summed E-state index contributed by atoms with van der Waals surface area (Å²) < 4.78 is 0. The zero-order valence-corrected chi connectivity index (χ0v) is 7.54. The first-order valence-electron chi connectivity index (χ1n) is 4.18. The fraction of sp³-hybridized carbons (Fsp3) is 0. The number of hydrogen-bond acceptors (Lipinski definition) is 4. The summed E-state index contributed by atoms with van der Waals surface area (Å²) in [6.45, 7) is 0. The third-order valence-electron chi connectivity index (χ3n) is 2.15. The van der Waals surface area contributed by atoms with E-state index in [4.69, 9.17) is 0 Å². The van der Waals surface area contributed by atoms with E-state index in [2.05, 4.69) is 0 Å². The van der Waals surface area contributed by atoms with Gasteiger partial charge in [0.1, 0.15) is 5.75 Å². The van der Waals surface area contributed by atoms with E-state index >= 15 is 0 Å². The number of hydrogen-bond donors (Lipinski definition) is 2. The molecule has 2 rings (SSSR count). The number of fused-ring (bicyclic) bond motifs is 1. The fourth-order valence-electron chi connectivity index (χ4n) is 1.43. The molecule has 76 valence electrons. The van der Waals surface area contributed by atoms with E-state index < -0.39 is 10.7 Å². The number of aromatic hydroxyl groups is 2. The molecule has 0 atom stereocenters. The van der Waals surface area contributed by atoms with Crippen LogP contribution in [-0.2, 0) is 0 Å². The minimum absolute atomic E-state index is 0.0432. The first-order chi connectivity index (χ1) is 7.09. The molecule has 0 unspecified atom stereocenters. The van der Waals surface area contributed by atoms with Gasteiger partial charge in [-0.25, -0.2) is 0 Å². The molecule has 2 N–H and O–H groups in total. The van der Waals surface area contributed by atoms with Gasteiger partial charge in [0.15, 0.2) is 0 Å². The average Bonchev–Trinajstić information content (AvgIpc) is 2.19. The lowest BCUT2D eigenvalue weighted by Gasteiger charge is -2.02. The number of nitrogens with zero attached hydrogens (tertiary/aromatic N) is 1. The van der Waals surface area contributed by atoms with E-state index in [1.54, 1.807) is 6.07 Å². The molecule has 0 aliphatic rings. The summed E-state index contributed by atoms with van der Waals surface area (Å²) in [7, 11) is 0. The van der Waals surface area contributed by atoms with Crippen molar-refractivity contribution in [1.82, 2.24) is 0 Å². The largest absolute Gasteiger partial charge is 0.508 e.